The number of hydrogen-bond donors (Lipinski definition) is 1. The number of halogens is 1. The minimum Gasteiger partial charge on any atom is -0.492 e. The quantitative estimate of drug-likeness (QED) is 0.663. The molecule has 1 aromatic carbocycles. The molecule has 0 aromatic heterocycles. The lowest BCUT2D eigenvalue weighted by atomic mass is 10.3. The Hall–Kier alpha value is -1.63. The molecule has 0 unspecified atom stereocenters. The molecule has 0 amide bonds. The van der Waals surface area contributed by atoms with Gasteiger partial charge >= 0.3 is 5.97 Å². The van der Waals surface area contributed by atoms with Crippen molar-refractivity contribution in [2.45, 2.75) is 6.42 Å². The van der Waals surface area contributed by atoms with Crippen LogP contribution in [0, 0.1) is 10.1 Å². The molecule has 0 aliphatic rings. The van der Waals surface area contributed by atoms with Crippen molar-refractivity contribution in [1.82, 2.24) is 0 Å². The van der Waals surface area contributed by atoms with E-state index in [9.17, 15) is 14.9 Å². The molecule has 0 atom stereocenters. The Morgan fingerprint density at radius 3 is 2.81 bits per heavy atom. The van der Waals surface area contributed by atoms with Gasteiger partial charge in [-0.15, -0.1) is 0 Å². The normalized spacial score (nSPS) is 9.81. The number of carboxylic acid groups (broad SMARTS) is 1. The Morgan fingerprint density at radius 1 is 1.56 bits per heavy atom. The van der Waals surface area contributed by atoms with Gasteiger partial charge in [-0.1, -0.05) is 6.07 Å². The number of ether oxygens (including phenoxy) is 1. The standard InChI is InChI=1S/C9H8BrNO5/c10-9-6(11(14)15)2-1-3-7(9)16-5-4-8(12)13/h1-3H,4-5H2,(H,12,13). The number of carboxylic acids is 1. The molecule has 7 heteroatoms. The van der Waals surface area contributed by atoms with Crippen molar-refractivity contribution in [3.8, 4) is 5.75 Å². The molecule has 0 aliphatic heterocycles. The summed E-state index contributed by atoms with van der Waals surface area (Å²) >= 11 is 3.03. The number of hydrogen-bond acceptors (Lipinski definition) is 4. The fourth-order valence-electron chi connectivity index (χ4n) is 1.000. The predicted molar refractivity (Wildman–Crippen MR) is 58.5 cm³/mol. The lowest BCUT2D eigenvalue weighted by molar-refractivity contribution is -0.385. The Balaban J connectivity index is 2.77. The van der Waals surface area contributed by atoms with Crippen molar-refractivity contribution in [3.05, 3.63) is 32.8 Å². The Morgan fingerprint density at radius 2 is 2.25 bits per heavy atom. The van der Waals surface area contributed by atoms with Crippen LogP contribution >= 0.6 is 15.9 Å². The topological polar surface area (TPSA) is 89.7 Å². The van der Waals surface area contributed by atoms with Crippen molar-refractivity contribution >= 4 is 27.6 Å². The third kappa shape index (κ3) is 3.20. The van der Waals surface area contributed by atoms with Crippen LogP contribution in [0.25, 0.3) is 0 Å². The van der Waals surface area contributed by atoms with E-state index in [1.807, 2.05) is 0 Å². The first-order valence-corrected chi connectivity index (χ1v) is 5.09. The molecular weight excluding hydrogens is 282 g/mol. The SMILES string of the molecule is O=C(O)CCOc1cccc([N+](=O)[O-])c1Br. The van der Waals surface area contributed by atoms with Gasteiger partial charge in [-0.25, -0.2) is 0 Å². The van der Waals surface area contributed by atoms with Crippen LogP contribution in [0.3, 0.4) is 0 Å². The van der Waals surface area contributed by atoms with E-state index < -0.39 is 10.9 Å². The van der Waals surface area contributed by atoms with Gasteiger partial charge in [0.15, 0.2) is 0 Å². The maximum Gasteiger partial charge on any atom is 0.306 e. The van der Waals surface area contributed by atoms with Gasteiger partial charge in [0, 0.05) is 6.07 Å². The monoisotopic (exact) mass is 289 g/mol. The first-order valence-electron chi connectivity index (χ1n) is 4.30. The van der Waals surface area contributed by atoms with Crippen molar-refractivity contribution in [2.75, 3.05) is 6.61 Å². The van der Waals surface area contributed by atoms with Gasteiger partial charge in [0.25, 0.3) is 5.69 Å². The zero-order chi connectivity index (χ0) is 12.1. The fourth-order valence-corrected chi connectivity index (χ4v) is 1.52. The van der Waals surface area contributed by atoms with E-state index in [1.54, 1.807) is 0 Å². The van der Waals surface area contributed by atoms with Gasteiger partial charge in [0.2, 0.25) is 0 Å². The van der Waals surface area contributed by atoms with Crippen molar-refractivity contribution in [3.63, 3.8) is 0 Å². The highest BCUT2D eigenvalue weighted by Crippen LogP contribution is 2.33. The van der Waals surface area contributed by atoms with Crippen LogP contribution in [0.5, 0.6) is 5.75 Å². The molecule has 0 bridgehead atoms. The molecular formula is C9H8BrNO5. The molecule has 0 aliphatic carbocycles. The minimum atomic E-state index is -0.985. The number of nitro groups is 1. The van der Waals surface area contributed by atoms with Crippen LogP contribution in [0.2, 0.25) is 0 Å². The lowest BCUT2D eigenvalue weighted by Gasteiger charge is -2.06. The van der Waals surface area contributed by atoms with Gasteiger partial charge in [-0.05, 0) is 22.0 Å². The second-order valence-electron chi connectivity index (χ2n) is 2.84. The first kappa shape index (κ1) is 12.4. The Bertz CT molecular complexity index is 420. The van der Waals surface area contributed by atoms with E-state index in [1.165, 1.54) is 18.2 Å². The Kier molecular flexibility index (Phi) is 4.24. The Labute approximate surface area is 99.1 Å². The third-order valence-corrected chi connectivity index (χ3v) is 2.51. The van der Waals surface area contributed by atoms with Gasteiger partial charge in [-0.3, -0.25) is 14.9 Å². The summed E-state index contributed by atoms with van der Waals surface area (Å²) in [5.41, 5.74) is -0.118. The van der Waals surface area contributed by atoms with Gasteiger partial charge in [0.1, 0.15) is 10.2 Å². The molecule has 0 fully saturated rings. The van der Waals surface area contributed by atoms with Crippen LogP contribution in [-0.4, -0.2) is 22.6 Å². The highest BCUT2D eigenvalue weighted by atomic mass is 79.9. The molecule has 0 heterocycles. The highest BCUT2D eigenvalue weighted by molar-refractivity contribution is 9.10. The molecule has 0 saturated carbocycles. The number of aliphatic carboxylic acids is 1. The maximum atomic E-state index is 10.6. The minimum absolute atomic E-state index is 0.0326. The molecule has 1 rings (SSSR count). The van der Waals surface area contributed by atoms with Crippen molar-refractivity contribution < 1.29 is 19.6 Å². The third-order valence-electron chi connectivity index (χ3n) is 1.71. The number of benzene rings is 1. The fraction of sp³-hybridized carbons (Fsp3) is 0.222. The average molecular weight is 290 g/mol. The summed E-state index contributed by atoms with van der Waals surface area (Å²) in [6.07, 6.45) is -0.158. The predicted octanol–water partition coefficient (Wildman–Crippen LogP) is 2.21. The summed E-state index contributed by atoms with van der Waals surface area (Å²) in [4.78, 5) is 20.3. The van der Waals surface area contributed by atoms with Crippen LogP contribution < -0.4 is 4.74 Å². The van der Waals surface area contributed by atoms with Crippen LogP contribution in [0.1, 0.15) is 6.42 Å². The molecule has 1 N–H and O–H groups in total. The lowest BCUT2D eigenvalue weighted by Crippen LogP contribution is -2.05. The maximum absolute atomic E-state index is 10.6. The second kappa shape index (κ2) is 5.45. The van der Waals surface area contributed by atoms with E-state index in [4.69, 9.17) is 9.84 Å². The second-order valence-corrected chi connectivity index (χ2v) is 3.63. The molecule has 16 heavy (non-hydrogen) atoms. The largest absolute Gasteiger partial charge is 0.492 e. The van der Waals surface area contributed by atoms with E-state index in [0.29, 0.717) is 0 Å². The van der Waals surface area contributed by atoms with E-state index in [0.717, 1.165) is 0 Å². The molecule has 0 radical (unpaired) electrons. The number of nitrogens with zero attached hydrogens (tertiary/aromatic N) is 1. The van der Waals surface area contributed by atoms with Crippen LogP contribution in [0.4, 0.5) is 5.69 Å². The highest BCUT2D eigenvalue weighted by Gasteiger charge is 2.15. The summed E-state index contributed by atoms with van der Waals surface area (Å²) < 4.78 is 5.32. The van der Waals surface area contributed by atoms with Gasteiger partial charge in [0.05, 0.1) is 18.0 Å². The van der Waals surface area contributed by atoms with Crippen LogP contribution in [0.15, 0.2) is 22.7 Å². The molecule has 0 spiro atoms. The van der Waals surface area contributed by atoms with Crippen molar-refractivity contribution in [2.24, 2.45) is 0 Å². The number of carbonyl (C=O) groups is 1. The first-order chi connectivity index (χ1) is 7.52. The smallest absolute Gasteiger partial charge is 0.306 e. The van der Waals surface area contributed by atoms with E-state index >= 15 is 0 Å². The molecule has 6 nitrogen and oxygen atoms in total. The zero-order valence-corrected chi connectivity index (χ0v) is 9.64. The molecule has 1 aromatic rings. The summed E-state index contributed by atoms with van der Waals surface area (Å²) in [5, 5.41) is 19.0. The van der Waals surface area contributed by atoms with E-state index in [2.05, 4.69) is 15.9 Å². The summed E-state index contributed by atoms with van der Waals surface area (Å²) in [5.74, 6) is -0.725. The van der Waals surface area contributed by atoms with Gasteiger partial charge < -0.3 is 9.84 Å². The van der Waals surface area contributed by atoms with Crippen LogP contribution in [-0.2, 0) is 4.79 Å². The zero-order valence-electron chi connectivity index (χ0n) is 8.05. The number of rotatable bonds is 5. The van der Waals surface area contributed by atoms with Crippen molar-refractivity contribution in [1.29, 1.82) is 0 Å². The number of nitro benzene ring substituents is 1. The van der Waals surface area contributed by atoms with E-state index in [-0.39, 0.29) is 28.9 Å². The van der Waals surface area contributed by atoms with Gasteiger partial charge in [-0.2, -0.15) is 0 Å². The molecule has 0 saturated heterocycles. The average Bonchev–Trinajstić information content (AvgIpc) is 2.19. The summed E-state index contributed by atoms with van der Waals surface area (Å²) in [6.45, 7) is -0.0326. The summed E-state index contributed by atoms with van der Waals surface area (Å²) in [6, 6.07) is 4.33. The molecule has 86 valence electrons. The summed E-state index contributed by atoms with van der Waals surface area (Å²) in [7, 11) is 0.